The summed E-state index contributed by atoms with van der Waals surface area (Å²) in [4.78, 5) is 28.2. The van der Waals surface area contributed by atoms with Gasteiger partial charge in [0.25, 0.3) is 0 Å². The number of aromatic nitrogens is 1. The van der Waals surface area contributed by atoms with E-state index in [0.717, 1.165) is 0 Å². The first-order valence-corrected chi connectivity index (χ1v) is 13.4. The molecule has 0 atom stereocenters. The normalized spacial score (nSPS) is 14.3. The summed E-state index contributed by atoms with van der Waals surface area (Å²) in [5.74, 6) is -0.0102. The van der Waals surface area contributed by atoms with Crippen LogP contribution in [0.15, 0.2) is 47.4 Å². The number of hydrogen-bond acceptors (Lipinski definition) is 5. The average Bonchev–Trinajstić information content (AvgIpc) is 2.99. The van der Waals surface area contributed by atoms with Gasteiger partial charge in [-0.15, -0.1) is 0 Å². The number of ketones is 2. The van der Waals surface area contributed by atoms with Crippen molar-refractivity contribution in [2.45, 2.75) is 63.0 Å². The standard InChI is InChI=1S/C28H31NO5S/c1-17-27(19(3)30)18(2)29-28(17)24(31)15-20-9-14-25(34-4)26(16-20)35(32,33)23-12-10-21-7-5-6-8-22(21)11-13-23/h5-9,14,16,23,29H,10-13,15H2,1-4H3. The fraction of sp³-hybridized carbons (Fsp3) is 0.357. The molecule has 1 heterocycles. The smallest absolute Gasteiger partial charge is 0.184 e. The van der Waals surface area contributed by atoms with Crippen LogP contribution >= 0.6 is 0 Å². The van der Waals surface area contributed by atoms with Crippen LogP contribution in [0, 0.1) is 13.8 Å². The van der Waals surface area contributed by atoms with Crippen LogP contribution in [0.1, 0.15) is 68.6 Å². The topological polar surface area (TPSA) is 93.3 Å². The third kappa shape index (κ3) is 4.82. The first-order valence-electron chi connectivity index (χ1n) is 11.8. The van der Waals surface area contributed by atoms with Crippen LogP contribution in [0.4, 0.5) is 0 Å². The van der Waals surface area contributed by atoms with Gasteiger partial charge in [0.1, 0.15) is 10.6 Å². The number of nitrogens with one attached hydrogen (secondary N) is 1. The lowest BCUT2D eigenvalue weighted by atomic mass is 10.0. The number of ether oxygens (including phenoxy) is 1. The number of hydrogen-bond donors (Lipinski definition) is 1. The molecule has 35 heavy (non-hydrogen) atoms. The minimum Gasteiger partial charge on any atom is -0.495 e. The molecule has 0 radical (unpaired) electrons. The molecule has 6 nitrogen and oxygen atoms in total. The molecule has 1 aliphatic carbocycles. The van der Waals surface area contributed by atoms with E-state index in [0.29, 0.717) is 53.8 Å². The Morgan fingerprint density at radius 1 is 1.03 bits per heavy atom. The summed E-state index contributed by atoms with van der Waals surface area (Å²) in [5, 5.41) is -0.527. The summed E-state index contributed by atoms with van der Waals surface area (Å²) in [7, 11) is -2.22. The molecular weight excluding hydrogens is 462 g/mol. The van der Waals surface area contributed by atoms with E-state index in [4.69, 9.17) is 4.74 Å². The summed E-state index contributed by atoms with van der Waals surface area (Å²) < 4.78 is 32.9. The first-order chi connectivity index (χ1) is 16.6. The summed E-state index contributed by atoms with van der Waals surface area (Å²) >= 11 is 0. The zero-order chi connectivity index (χ0) is 25.3. The molecule has 0 amide bonds. The lowest BCUT2D eigenvalue weighted by molar-refractivity contribution is 0.0987. The third-order valence-corrected chi connectivity index (χ3v) is 9.28. The Bertz CT molecular complexity index is 1370. The fourth-order valence-corrected chi connectivity index (χ4v) is 7.16. The minimum absolute atomic E-state index is 0.0146. The maximum Gasteiger partial charge on any atom is 0.184 e. The van der Waals surface area contributed by atoms with Gasteiger partial charge in [-0.05, 0) is 80.8 Å². The molecule has 1 N–H and O–H groups in total. The van der Waals surface area contributed by atoms with Crippen molar-refractivity contribution in [3.8, 4) is 5.75 Å². The van der Waals surface area contributed by atoms with Crippen LogP contribution in [0.3, 0.4) is 0 Å². The van der Waals surface area contributed by atoms with E-state index in [1.807, 2.05) is 12.1 Å². The number of Topliss-reactive ketones (excluding diaryl/α,β-unsaturated/α-hetero) is 2. The predicted molar refractivity (Wildman–Crippen MR) is 135 cm³/mol. The van der Waals surface area contributed by atoms with Gasteiger partial charge in [-0.25, -0.2) is 8.42 Å². The zero-order valence-electron chi connectivity index (χ0n) is 20.6. The number of benzene rings is 2. The van der Waals surface area contributed by atoms with Crippen LogP contribution in [0.25, 0.3) is 0 Å². The minimum atomic E-state index is -3.68. The number of fused-ring (bicyclic) bond motifs is 1. The second-order valence-electron chi connectivity index (χ2n) is 9.28. The monoisotopic (exact) mass is 493 g/mol. The molecule has 7 heteroatoms. The highest BCUT2D eigenvalue weighted by molar-refractivity contribution is 7.92. The Hall–Kier alpha value is -3.19. The molecule has 1 aliphatic rings. The maximum absolute atomic E-state index is 13.7. The second kappa shape index (κ2) is 9.82. The molecule has 0 fully saturated rings. The molecule has 0 aliphatic heterocycles. The van der Waals surface area contributed by atoms with E-state index in [1.54, 1.807) is 32.0 Å². The van der Waals surface area contributed by atoms with E-state index in [-0.39, 0.29) is 28.6 Å². The number of sulfone groups is 1. The van der Waals surface area contributed by atoms with Crippen molar-refractivity contribution in [1.82, 2.24) is 4.98 Å². The van der Waals surface area contributed by atoms with E-state index in [1.165, 1.54) is 25.2 Å². The van der Waals surface area contributed by atoms with Crippen molar-refractivity contribution in [3.05, 3.63) is 81.7 Å². The van der Waals surface area contributed by atoms with Gasteiger partial charge in [-0.2, -0.15) is 0 Å². The van der Waals surface area contributed by atoms with Gasteiger partial charge >= 0.3 is 0 Å². The van der Waals surface area contributed by atoms with Crippen LogP contribution in [-0.4, -0.2) is 37.3 Å². The summed E-state index contributed by atoms with van der Waals surface area (Å²) in [6.07, 6.45) is 2.52. The molecule has 2 aromatic carbocycles. The Balaban J connectivity index is 1.62. The number of aromatic amines is 1. The number of methoxy groups -OCH3 is 1. The molecule has 184 valence electrons. The van der Waals surface area contributed by atoms with Gasteiger partial charge in [-0.3, -0.25) is 9.59 Å². The highest BCUT2D eigenvalue weighted by atomic mass is 32.2. The quantitative estimate of drug-likeness (QED) is 0.370. The zero-order valence-corrected chi connectivity index (χ0v) is 21.4. The van der Waals surface area contributed by atoms with Crippen molar-refractivity contribution in [3.63, 3.8) is 0 Å². The third-order valence-electron chi connectivity index (χ3n) is 7.00. The van der Waals surface area contributed by atoms with Crippen molar-refractivity contribution < 1.29 is 22.7 Å². The SMILES string of the molecule is COc1ccc(CC(=O)c2[nH]c(C)c(C(C)=O)c2C)cc1S(=O)(=O)C1CCc2ccccc2CC1. The molecule has 1 aromatic heterocycles. The first kappa shape index (κ1) is 24.9. The van der Waals surface area contributed by atoms with Crippen LogP contribution in [-0.2, 0) is 29.1 Å². The number of aryl methyl sites for hydroxylation is 3. The van der Waals surface area contributed by atoms with E-state index >= 15 is 0 Å². The van der Waals surface area contributed by atoms with Gasteiger partial charge in [0.15, 0.2) is 21.4 Å². The van der Waals surface area contributed by atoms with Crippen molar-refractivity contribution in [2.75, 3.05) is 7.11 Å². The summed E-state index contributed by atoms with van der Waals surface area (Å²) in [5.41, 5.74) is 5.19. The molecular formula is C28H31NO5S. The average molecular weight is 494 g/mol. The highest BCUT2D eigenvalue weighted by Crippen LogP contribution is 2.34. The number of rotatable bonds is 7. The van der Waals surface area contributed by atoms with Gasteiger partial charge < -0.3 is 9.72 Å². The van der Waals surface area contributed by atoms with E-state index in [2.05, 4.69) is 17.1 Å². The summed E-state index contributed by atoms with van der Waals surface area (Å²) in [6.45, 7) is 5.00. The van der Waals surface area contributed by atoms with Gasteiger partial charge in [-0.1, -0.05) is 30.3 Å². The molecule has 0 saturated heterocycles. The maximum atomic E-state index is 13.7. The lowest BCUT2D eigenvalue weighted by Crippen LogP contribution is -2.23. The van der Waals surface area contributed by atoms with E-state index < -0.39 is 15.1 Å². The van der Waals surface area contributed by atoms with Crippen molar-refractivity contribution in [2.24, 2.45) is 0 Å². The molecule has 0 saturated carbocycles. The van der Waals surface area contributed by atoms with Gasteiger partial charge in [0.05, 0.1) is 18.1 Å². The largest absolute Gasteiger partial charge is 0.495 e. The Morgan fingerprint density at radius 2 is 1.66 bits per heavy atom. The van der Waals surface area contributed by atoms with Crippen LogP contribution in [0.2, 0.25) is 0 Å². The van der Waals surface area contributed by atoms with Crippen LogP contribution < -0.4 is 4.74 Å². The predicted octanol–water partition coefficient (Wildman–Crippen LogP) is 4.99. The number of carbonyl (C=O) groups excluding carboxylic acids is 2. The molecule has 3 aromatic rings. The number of H-pyrrole nitrogens is 1. The Morgan fingerprint density at radius 3 is 2.20 bits per heavy atom. The Labute approximate surface area is 206 Å². The lowest BCUT2D eigenvalue weighted by Gasteiger charge is -2.18. The van der Waals surface area contributed by atoms with E-state index in [9.17, 15) is 18.0 Å². The van der Waals surface area contributed by atoms with Crippen molar-refractivity contribution in [1.29, 1.82) is 0 Å². The Kier molecular flexibility index (Phi) is 6.99. The van der Waals surface area contributed by atoms with Gasteiger partial charge in [0, 0.05) is 17.7 Å². The molecule has 0 bridgehead atoms. The van der Waals surface area contributed by atoms with Crippen molar-refractivity contribution >= 4 is 21.4 Å². The summed E-state index contributed by atoms with van der Waals surface area (Å²) in [6, 6.07) is 13.0. The molecule has 4 rings (SSSR count). The second-order valence-corrected chi connectivity index (χ2v) is 11.5. The molecule has 0 spiro atoms. The van der Waals surface area contributed by atoms with Gasteiger partial charge in [0.2, 0.25) is 0 Å². The molecule has 0 unspecified atom stereocenters. The fourth-order valence-electron chi connectivity index (χ4n) is 5.20. The number of carbonyl (C=O) groups is 2. The van der Waals surface area contributed by atoms with Crippen LogP contribution in [0.5, 0.6) is 5.75 Å². The highest BCUT2D eigenvalue weighted by Gasteiger charge is 2.32.